The molecule has 0 unspecified atom stereocenters. The van der Waals surface area contributed by atoms with Crippen LogP contribution in [0.3, 0.4) is 0 Å². The van der Waals surface area contributed by atoms with E-state index in [1.165, 1.54) is 12.4 Å². The van der Waals surface area contributed by atoms with Gasteiger partial charge in [0, 0.05) is 11.8 Å². The molecule has 0 saturated carbocycles. The van der Waals surface area contributed by atoms with Gasteiger partial charge < -0.3 is 14.8 Å². The largest absolute Gasteiger partial charge is 0.490 e. The molecule has 7 heteroatoms. The second kappa shape index (κ2) is 10.8. The predicted molar refractivity (Wildman–Crippen MR) is 117 cm³/mol. The zero-order chi connectivity index (χ0) is 21.2. The average molecular weight is 406 g/mol. The zero-order valence-electron chi connectivity index (χ0n) is 17.2. The topological polar surface area (TPSA) is 78.3 Å². The molecule has 0 bridgehead atoms. The van der Waals surface area contributed by atoms with E-state index in [4.69, 9.17) is 9.47 Å². The normalized spacial score (nSPS) is 10.9. The van der Waals surface area contributed by atoms with Crippen molar-refractivity contribution in [2.24, 2.45) is 0 Å². The van der Waals surface area contributed by atoms with Gasteiger partial charge in [0.2, 0.25) is 5.91 Å². The molecule has 1 heterocycles. The van der Waals surface area contributed by atoms with Gasteiger partial charge in [0.05, 0.1) is 19.8 Å². The maximum absolute atomic E-state index is 12.5. The quantitative estimate of drug-likeness (QED) is 0.512. The second-order valence-corrected chi connectivity index (χ2v) is 6.56. The zero-order valence-corrected chi connectivity index (χ0v) is 17.2. The van der Waals surface area contributed by atoms with Gasteiger partial charge in [-0.2, -0.15) is 5.10 Å². The van der Waals surface area contributed by atoms with E-state index >= 15 is 0 Å². The summed E-state index contributed by atoms with van der Waals surface area (Å²) in [7, 11) is 0. The Morgan fingerprint density at radius 3 is 2.77 bits per heavy atom. The summed E-state index contributed by atoms with van der Waals surface area (Å²) in [6.45, 7) is 5.68. The fourth-order valence-electron chi connectivity index (χ4n) is 2.84. The summed E-state index contributed by atoms with van der Waals surface area (Å²) in [6.07, 6.45) is 7.30. The summed E-state index contributed by atoms with van der Waals surface area (Å²) < 4.78 is 13.1. The van der Waals surface area contributed by atoms with Crippen LogP contribution >= 0.6 is 0 Å². The number of anilines is 1. The fourth-order valence-corrected chi connectivity index (χ4v) is 2.84. The summed E-state index contributed by atoms with van der Waals surface area (Å²) in [6, 6.07) is 13.3. The first-order valence-corrected chi connectivity index (χ1v) is 9.98. The number of hydrogen-bond donors (Lipinski definition) is 1. The number of amides is 1. The number of nitrogens with zero attached hydrogens (tertiary/aromatic N) is 3. The number of carbonyl (C=O) groups is 1. The van der Waals surface area contributed by atoms with E-state index in [9.17, 15) is 4.79 Å². The monoisotopic (exact) mass is 406 g/mol. The first-order valence-electron chi connectivity index (χ1n) is 9.98. The van der Waals surface area contributed by atoms with Gasteiger partial charge in [0.1, 0.15) is 12.7 Å². The predicted octanol–water partition coefficient (Wildman–Crippen LogP) is 4.17. The van der Waals surface area contributed by atoms with Crippen LogP contribution in [0.15, 0.2) is 61.2 Å². The van der Waals surface area contributed by atoms with Crippen molar-refractivity contribution in [2.45, 2.75) is 26.8 Å². The smallest absolute Gasteiger partial charge is 0.248 e. The number of hydrogen-bond acceptors (Lipinski definition) is 5. The van der Waals surface area contributed by atoms with Crippen molar-refractivity contribution in [1.82, 2.24) is 14.8 Å². The minimum atomic E-state index is -0.217. The number of rotatable bonds is 10. The molecule has 0 aliphatic rings. The summed E-state index contributed by atoms with van der Waals surface area (Å²) >= 11 is 0. The van der Waals surface area contributed by atoms with Crippen molar-refractivity contribution in [3.8, 4) is 11.5 Å². The number of carbonyl (C=O) groups excluding carboxylic acids is 1. The first kappa shape index (κ1) is 21.1. The molecule has 0 spiro atoms. The highest BCUT2D eigenvalue weighted by Gasteiger charge is 2.07. The van der Waals surface area contributed by atoms with Gasteiger partial charge in [0.15, 0.2) is 11.5 Å². The summed E-state index contributed by atoms with van der Waals surface area (Å²) in [5.41, 5.74) is 2.54. The molecule has 1 N–H and O–H groups in total. The van der Waals surface area contributed by atoms with Crippen molar-refractivity contribution in [3.63, 3.8) is 0 Å². The van der Waals surface area contributed by atoms with Gasteiger partial charge in [-0.25, -0.2) is 9.67 Å². The number of aromatic nitrogens is 3. The van der Waals surface area contributed by atoms with Crippen LogP contribution in [0.2, 0.25) is 0 Å². The highest BCUT2D eigenvalue weighted by atomic mass is 16.5. The number of nitrogens with one attached hydrogen (secondary N) is 1. The standard InChI is InChI=1S/C23H26N4O3/c1-3-13-30-21-11-9-18(14-22(21)29-4-2)10-12-23(28)26-20-8-6-5-7-19(20)15-27-17-24-16-25-27/h5-12,14,16-17H,3-4,13,15H2,1-2H3,(H,26,28). The number of para-hydroxylation sites is 1. The Bertz CT molecular complexity index is 984. The molecule has 0 fully saturated rings. The lowest BCUT2D eigenvalue weighted by atomic mass is 10.1. The van der Waals surface area contributed by atoms with E-state index < -0.39 is 0 Å². The van der Waals surface area contributed by atoms with E-state index in [0.29, 0.717) is 31.3 Å². The highest BCUT2D eigenvalue weighted by Crippen LogP contribution is 2.29. The number of ether oxygens (including phenoxy) is 2. The first-order chi connectivity index (χ1) is 14.7. The van der Waals surface area contributed by atoms with Gasteiger partial charge in [0.25, 0.3) is 0 Å². The molecular weight excluding hydrogens is 380 g/mol. The van der Waals surface area contributed by atoms with E-state index in [0.717, 1.165) is 23.2 Å². The van der Waals surface area contributed by atoms with Gasteiger partial charge in [-0.3, -0.25) is 4.79 Å². The molecule has 0 aliphatic heterocycles. The highest BCUT2D eigenvalue weighted by molar-refractivity contribution is 6.02. The lowest BCUT2D eigenvalue weighted by Crippen LogP contribution is -2.11. The molecular formula is C23H26N4O3. The van der Waals surface area contributed by atoms with E-state index in [1.54, 1.807) is 17.1 Å². The Balaban J connectivity index is 1.68. The average Bonchev–Trinajstić information content (AvgIpc) is 3.26. The number of benzene rings is 2. The molecule has 0 saturated heterocycles. The Morgan fingerprint density at radius 2 is 2.00 bits per heavy atom. The fraction of sp³-hybridized carbons (Fsp3) is 0.261. The lowest BCUT2D eigenvalue weighted by molar-refractivity contribution is -0.111. The molecule has 30 heavy (non-hydrogen) atoms. The Hall–Kier alpha value is -3.61. The third-order valence-corrected chi connectivity index (χ3v) is 4.23. The summed E-state index contributed by atoms with van der Waals surface area (Å²) in [5.74, 6) is 1.17. The third kappa shape index (κ3) is 5.94. The van der Waals surface area contributed by atoms with Crippen LogP contribution in [0.25, 0.3) is 6.08 Å². The van der Waals surface area contributed by atoms with Crippen molar-refractivity contribution in [2.75, 3.05) is 18.5 Å². The van der Waals surface area contributed by atoms with E-state index in [1.807, 2.05) is 49.4 Å². The molecule has 3 rings (SSSR count). The minimum Gasteiger partial charge on any atom is -0.490 e. The van der Waals surface area contributed by atoms with Crippen LogP contribution in [0.5, 0.6) is 11.5 Å². The third-order valence-electron chi connectivity index (χ3n) is 4.23. The van der Waals surface area contributed by atoms with Crippen LogP contribution in [-0.4, -0.2) is 33.9 Å². The molecule has 7 nitrogen and oxygen atoms in total. The van der Waals surface area contributed by atoms with Gasteiger partial charge in [-0.15, -0.1) is 0 Å². The lowest BCUT2D eigenvalue weighted by Gasteiger charge is -2.12. The van der Waals surface area contributed by atoms with Crippen molar-refractivity contribution >= 4 is 17.7 Å². The van der Waals surface area contributed by atoms with Crippen LogP contribution < -0.4 is 14.8 Å². The molecule has 2 aromatic carbocycles. The summed E-state index contributed by atoms with van der Waals surface area (Å²) in [5, 5.41) is 7.04. The maximum atomic E-state index is 12.5. The molecule has 1 aromatic heterocycles. The van der Waals surface area contributed by atoms with Crippen LogP contribution in [0.1, 0.15) is 31.4 Å². The van der Waals surface area contributed by atoms with Crippen molar-refractivity contribution in [1.29, 1.82) is 0 Å². The molecule has 0 radical (unpaired) electrons. The maximum Gasteiger partial charge on any atom is 0.248 e. The molecule has 0 atom stereocenters. The Morgan fingerprint density at radius 1 is 1.13 bits per heavy atom. The second-order valence-electron chi connectivity index (χ2n) is 6.56. The Labute approximate surface area is 176 Å². The van der Waals surface area contributed by atoms with Gasteiger partial charge >= 0.3 is 0 Å². The summed E-state index contributed by atoms with van der Waals surface area (Å²) in [4.78, 5) is 16.4. The molecule has 156 valence electrons. The van der Waals surface area contributed by atoms with E-state index in [2.05, 4.69) is 22.3 Å². The van der Waals surface area contributed by atoms with Crippen LogP contribution in [-0.2, 0) is 11.3 Å². The molecule has 3 aromatic rings. The van der Waals surface area contributed by atoms with Crippen molar-refractivity contribution in [3.05, 3.63) is 72.3 Å². The van der Waals surface area contributed by atoms with Crippen molar-refractivity contribution < 1.29 is 14.3 Å². The molecule has 1 amide bonds. The molecule has 0 aliphatic carbocycles. The van der Waals surface area contributed by atoms with E-state index in [-0.39, 0.29) is 5.91 Å². The van der Waals surface area contributed by atoms with Gasteiger partial charge in [-0.05, 0) is 48.7 Å². The van der Waals surface area contributed by atoms with Crippen LogP contribution in [0, 0.1) is 0 Å². The SMILES string of the molecule is CCCOc1ccc(C=CC(=O)Nc2ccccc2Cn2cncn2)cc1OCC. The Kier molecular flexibility index (Phi) is 7.60. The van der Waals surface area contributed by atoms with Crippen LogP contribution in [0.4, 0.5) is 5.69 Å². The van der Waals surface area contributed by atoms with Gasteiger partial charge in [-0.1, -0.05) is 31.2 Å². The minimum absolute atomic E-state index is 0.217.